The largest absolute Gasteiger partial charge is 0.493 e. The molecule has 2 aromatic rings. The van der Waals surface area contributed by atoms with Gasteiger partial charge in [0.25, 0.3) is 11.6 Å². The van der Waals surface area contributed by atoms with E-state index in [0.717, 1.165) is 11.1 Å². The van der Waals surface area contributed by atoms with Gasteiger partial charge in [-0.3, -0.25) is 14.9 Å². The number of nitro groups is 1. The molecule has 1 amide bonds. The molecule has 0 spiro atoms. The zero-order valence-corrected chi connectivity index (χ0v) is 14.8. The summed E-state index contributed by atoms with van der Waals surface area (Å²) in [5.41, 5.74) is 1.96. The molecule has 0 unspecified atom stereocenters. The van der Waals surface area contributed by atoms with Crippen LogP contribution in [0.1, 0.15) is 18.1 Å². The lowest BCUT2D eigenvalue weighted by molar-refractivity contribution is -0.384. The van der Waals surface area contributed by atoms with Crippen molar-refractivity contribution in [1.29, 1.82) is 0 Å². The fraction of sp³-hybridized carbons (Fsp3) is 0.211. The first-order chi connectivity index (χ1) is 12.4. The number of anilines is 1. The van der Waals surface area contributed by atoms with Crippen molar-refractivity contribution in [2.75, 3.05) is 19.0 Å². The van der Waals surface area contributed by atoms with Gasteiger partial charge in [0.2, 0.25) is 0 Å². The number of carbonyl (C=O) groups is 1. The molecule has 0 radical (unpaired) electrons. The number of nitro benzene ring substituents is 1. The van der Waals surface area contributed by atoms with Crippen LogP contribution >= 0.6 is 0 Å². The van der Waals surface area contributed by atoms with E-state index in [9.17, 15) is 14.9 Å². The van der Waals surface area contributed by atoms with Crippen LogP contribution in [0, 0.1) is 17.0 Å². The number of allylic oxidation sites excluding steroid dienone is 1. The zero-order chi connectivity index (χ0) is 19.1. The molecule has 7 nitrogen and oxygen atoms in total. The molecule has 0 saturated heterocycles. The summed E-state index contributed by atoms with van der Waals surface area (Å²) >= 11 is 0. The van der Waals surface area contributed by atoms with Crippen molar-refractivity contribution in [3.05, 3.63) is 63.7 Å². The summed E-state index contributed by atoms with van der Waals surface area (Å²) < 4.78 is 10.8. The van der Waals surface area contributed by atoms with Crippen molar-refractivity contribution in [3.8, 4) is 11.5 Å². The van der Waals surface area contributed by atoms with E-state index in [1.807, 2.05) is 25.1 Å². The number of methoxy groups -OCH3 is 1. The van der Waals surface area contributed by atoms with E-state index in [0.29, 0.717) is 17.2 Å². The maximum Gasteiger partial charge on any atom is 0.271 e. The van der Waals surface area contributed by atoms with Crippen molar-refractivity contribution in [1.82, 2.24) is 0 Å². The molecule has 2 aromatic carbocycles. The number of hydrogen-bond acceptors (Lipinski definition) is 5. The van der Waals surface area contributed by atoms with Crippen LogP contribution < -0.4 is 14.8 Å². The molecule has 0 aliphatic carbocycles. The second-order valence-electron chi connectivity index (χ2n) is 5.50. The molecule has 0 aromatic heterocycles. The molecule has 0 saturated carbocycles. The highest BCUT2D eigenvalue weighted by Gasteiger charge is 2.12. The van der Waals surface area contributed by atoms with Gasteiger partial charge in [0.05, 0.1) is 17.7 Å². The highest BCUT2D eigenvalue weighted by molar-refractivity contribution is 5.93. The van der Waals surface area contributed by atoms with Gasteiger partial charge in [-0.05, 0) is 37.1 Å². The maximum atomic E-state index is 12.1. The molecule has 0 fully saturated rings. The van der Waals surface area contributed by atoms with Gasteiger partial charge in [-0.15, -0.1) is 0 Å². The van der Waals surface area contributed by atoms with Crippen LogP contribution in [0.3, 0.4) is 0 Å². The Morgan fingerprint density at radius 3 is 2.65 bits per heavy atom. The Labute approximate surface area is 151 Å². The van der Waals surface area contributed by atoms with Crippen LogP contribution in [0.25, 0.3) is 6.08 Å². The molecular weight excluding hydrogens is 336 g/mol. The number of aryl methyl sites for hydroxylation is 1. The van der Waals surface area contributed by atoms with E-state index in [1.54, 1.807) is 25.1 Å². The minimum Gasteiger partial charge on any atom is -0.493 e. The Bertz CT molecular complexity index is 846. The third-order valence-electron chi connectivity index (χ3n) is 3.61. The first-order valence-electron chi connectivity index (χ1n) is 7.93. The van der Waals surface area contributed by atoms with Gasteiger partial charge in [-0.2, -0.15) is 0 Å². The lowest BCUT2D eigenvalue weighted by Gasteiger charge is -2.12. The van der Waals surface area contributed by atoms with Gasteiger partial charge >= 0.3 is 0 Å². The smallest absolute Gasteiger partial charge is 0.271 e. The van der Waals surface area contributed by atoms with Crippen molar-refractivity contribution >= 4 is 23.4 Å². The minimum atomic E-state index is -0.511. The predicted molar refractivity (Wildman–Crippen MR) is 99.7 cm³/mol. The van der Waals surface area contributed by atoms with Crippen LogP contribution in [-0.4, -0.2) is 24.5 Å². The molecule has 26 heavy (non-hydrogen) atoms. The third-order valence-corrected chi connectivity index (χ3v) is 3.61. The van der Waals surface area contributed by atoms with E-state index >= 15 is 0 Å². The number of ether oxygens (including phenoxy) is 2. The number of benzene rings is 2. The molecule has 1 N–H and O–H groups in total. The fourth-order valence-electron chi connectivity index (χ4n) is 2.29. The quantitative estimate of drug-likeness (QED) is 0.599. The van der Waals surface area contributed by atoms with Crippen LogP contribution in [0.15, 0.2) is 42.5 Å². The highest BCUT2D eigenvalue weighted by Crippen LogP contribution is 2.28. The zero-order valence-electron chi connectivity index (χ0n) is 14.8. The van der Waals surface area contributed by atoms with Crippen molar-refractivity contribution in [2.24, 2.45) is 0 Å². The molecule has 136 valence electrons. The molecular formula is C19H20N2O5. The maximum absolute atomic E-state index is 12.1. The first-order valence-corrected chi connectivity index (χ1v) is 7.93. The van der Waals surface area contributed by atoms with Crippen LogP contribution in [0.2, 0.25) is 0 Å². The molecule has 0 aliphatic rings. The molecule has 0 bridgehead atoms. The molecule has 0 heterocycles. The Balaban J connectivity index is 2.05. The van der Waals surface area contributed by atoms with Gasteiger partial charge in [0.1, 0.15) is 0 Å². The first kappa shape index (κ1) is 19.0. The van der Waals surface area contributed by atoms with Gasteiger partial charge in [0, 0.05) is 12.1 Å². The number of nitrogens with one attached hydrogen (secondary N) is 1. The topological polar surface area (TPSA) is 90.7 Å². The average molecular weight is 356 g/mol. The third kappa shape index (κ3) is 4.83. The normalized spacial score (nSPS) is 10.6. The molecule has 7 heteroatoms. The van der Waals surface area contributed by atoms with E-state index < -0.39 is 10.8 Å². The van der Waals surface area contributed by atoms with E-state index in [4.69, 9.17) is 9.47 Å². The van der Waals surface area contributed by atoms with Crippen LogP contribution in [0.4, 0.5) is 11.4 Å². The number of rotatable bonds is 7. The molecule has 0 atom stereocenters. The second-order valence-corrected chi connectivity index (χ2v) is 5.50. The predicted octanol–water partition coefficient (Wildman–Crippen LogP) is 3.96. The van der Waals surface area contributed by atoms with Gasteiger partial charge in [0.15, 0.2) is 18.1 Å². The van der Waals surface area contributed by atoms with Crippen molar-refractivity contribution in [3.63, 3.8) is 0 Å². The summed E-state index contributed by atoms with van der Waals surface area (Å²) in [6, 6.07) is 9.66. The van der Waals surface area contributed by atoms with Crippen molar-refractivity contribution < 1.29 is 19.2 Å². The molecule has 2 rings (SSSR count). The summed E-state index contributed by atoms with van der Waals surface area (Å²) in [5.74, 6) is 0.528. The van der Waals surface area contributed by atoms with E-state index in [2.05, 4.69) is 5.32 Å². The van der Waals surface area contributed by atoms with Crippen LogP contribution in [-0.2, 0) is 4.79 Å². The number of nitrogens with zero attached hydrogens (tertiary/aromatic N) is 1. The number of amides is 1. The van der Waals surface area contributed by atoms with Gasteiger partial charge < -0.3 is 14.8 Å². The Kier molecular flexibility index (Phi) is 6.32. The number of hydrogen-bond donors (Lipinski definition) is 1. The summed E-state index contributed by atoms with van der Waals surface area (Å²) in [6.07, 6.45) is 3.83. The second kappa shape index (κ2) is 8.66. The minimum absolute atomic E-state index is 0.0898. The van der Waals surface area contributed by atoms with Gasteiger partial charge in [-0.1, -0.05) is 24.3 Å². The average Bonchev–Trinajstić information content (AvgIpc) is 2.62. The monoisotopic (exact) mass is 356 g/mol. The summed E-state index contributed by atoms with van der Waals surface area (Å²) in [5, 5.41) is 13.5. The number of non-ortho nitro benzene ring substituents is 1. The standard InChI is InChI=1S/C19H20N2O5/c1-4-5-14-7-9-17(18(10-14)25-3)26-12-19(22)20-16-11-15(21(23)24)8-6-13(16)2/h4-11H,12H2,1-3H3,(H,20,22)/b5-4+. The summed E-state index contributed by atoms with van der Waals surface area (Å²) in [4.78, 5) is 22.5. The Morgan fingerprint density at radius 1 is 1.23 bits per heavy atom. The SMILES string of the molecule is C/C=C/c1ccc(OCC(=O)Nc2cc([N+](=O)[O-])ccc2C)c(OC)c1. The lowest BCUT2D eigenvalue weighted by Crippen LogP contribution is -2.21. The van der Waals surface area contributed by atoms with E-state index in [1.165, 1.54) is 19.2 Å². The highest BCUT2D eigenvalue weighted by atomic mass is 16.6. The van der Waals surface area contributed by atoms with Crippen LogP contribution in [0.5, 0.6) is 11.5 Å². The van der Waals surface area contributed by atoms with Gasteiger partial charge in [-0.25, -0.2) is 0 Å². The lowest BCUT2D eigenvalue weighted by atomic mass is 10.2. The van der Waals surface area contributed by atoms with Crippen molar-refractivity contribution in [2.45, 2.75) is 13.8 Å². The summed E-state index contributed by atoms with van der Waals surface area (Å²) in [6.45, 7) is 3.42. The summed E-state index contributed by atoms with van der Waals surface area (Å²) in [7, 11) is 1.52. The molecule has 0 aliphatic heterocycles. The number of carbonyl (C=O) groups excluding carboxylic acids is 1. The fourth-order valence-corrected chi connectivity index (χ4v) is 2.29. The Morgan fingerprint density at radius 2 is 2.00 bits per heavy atom. The van der Waals surface area contributed by atoms with E-state index in [-0.39, 0.29) is 12.3 Å². The Hall–Kier alpha value is -3.35.